The number of aryl methyl sites for hydroxylation is 1. The number of carbonyl (C=O) groups excluding carboxylic acids is 1. The van der Waals surface area contributed by atoms with Crippen LogP contribution in [-0.2, 0) is 4.74 Å². The summed E-state index contributed by atoms with van der Waals surface area (Å²) >= 11 is 3.40. The third-order valence-corrected chi connectivity index (χ3v) is 3.74. The van der Waals surface area contributed by atoms with Crippen LogP contribution in [0.1, 0.15) is 45.3 Å². The molecular weight excluding hydrogens is 322 g/mol. The third kappa shape index (κ3) is 3.75. The Hall–Kier alpha value is -1.04. The first kappa shape index (κ1) is 15.4. The zero-order chi connectivity index (χ0) is 14.9. The van der Waals surface area contributed by atoms with Crippen molar-refractivity contribution in [1.82, 2.24) is 14.7 Å². The van der Waals surface area contributed by atoms with E-state index in [-0.39, 0.29) is 6.09 Å². The standard InChI is InChI=1S/C14H22BrN3O2/c1-10-9-12(15)16-18(10)11-5-7-17(8-6-11)13(19)20-14(2,3)4/h9,11H,5-8H2,1-4H3. The minimum Gasteiger partial charge on any atom is -0.444 e. The molecular formula is C14H22BrN3O2. The molecule has 2 rings (SSSR count). The summed E-state index contributed by atoms with van der Waals surface area (Å²) in [7, 11) is 0. The Morgan fingerprint density at radius 1 is 1.40 bits per heavy atom. The zero-order valence-electron chi connectivity index (χ0n) is 12.5. The molecule has 20 heavy (non-hydrogen) atoms. The molecule has 112 valence electrons. The number of halogens is 1. The summed E-state index contributed by atoms with van der Waals surface area (Å²) < 4.78 is 8.32. The van der Waals surface area contributed by atoms with Gasteiger partial charge < -0.3 is 9.64 Å². The number of likely N-dealkylation sites (tertiary alicyclic amines) is 1. The van der Waals surface area contributed by atoms with Crippen molar-refractivity contribution in [3.63, 3.8) is 0 Å². The average molecular weight is 344 g/mol. The predicted molar refractivity (Wildman–Crippen MR) is 80.7 cm³/mol. The van der Waals surface area contributed by atoms with Crippen molar-refractivity contribution < 1.29 is 9.53 Å². The van der Waals surface area contributed by atoms with Gasteiger partial charge in [0.05, 0.1) is 6.04 Å². The molecule has 1 aromatic rings. The number of aromatic nitrogens is 2. The quantitative estimate of drug-likeness (QED) is 0.783. The SMILES string of the molecule is Cc1cc(Br)nn1C1CCN(C(=O)OC(C)(C)C)CC1. The van der Waals surface area contributed by atoms with Crippen molar-refractivity contribution in [1.29, 1.82) is 0 Å². The Morgan fingerprint density at radius 3 is 2.45 bits per heavy atom. The van der Waals surface area contributed by atoms with Crippen LogP contribution in [0, 0.1) is 6.92 Å². The van der Waals surface area contributed by atoms with Gasteiger partial charge in [0.25, 0.3) is 0 Å². The Kier molecular flexibility index (Phi) is 4.42. The van der Waals surface area contributed by atoms with E-state index in [1.54, 1.807) is 4.90 Å². The lowest BCUT2D eigenvalue weighted by Gasteiger charge is -2.33. The maximum absolute atomic E-state index is 12.0. The minimum atomic E-state index is -0.433. The number of hydrogen-bond acceptors (Lipinski definition) is 3. The number of nitrogens with zero attached hydrogens (tertiary/aromatic N) is 3. The molecule has 0 bridgehead atoms. The summed E-state index contributed by atoms with van der Waals surface area (Å²) in [6.45, 7) is 9.16. The van der Waals surface area contributed by atoms with Gasteiger partial charge in [-0.1, -0.05) is 0 Å². The molecule has 0 saturated carbocycles. The first-order valence-electron chi connectivity index (χ1n) is 6.96. The highest BCUT2D eigenvalue weighted by molar-refractivity contribution is 9.10. The Bertz CT molecular complexity index is 485. The summed E-state index contributed by atoms with van der Waals surface area (Å²) in [6.07, 6.45) is 1.61. The number of amides is 1. The second-order valence-corrected chi connectivity index (χ2v) is 7.06. The molecule has 6 heteroatoms. The van der Waals surface area contributed by atoms with Crippen molar-refractivity contribution in [3.8, 4) is 0 Å². The van der Waals surface area contributed by atoms with Crippen LogP contribution in [-0.4, -0.2) is 39.5 Å². The summed E-state index contributed by atoms with van der Waals surface area (Å²) in [5.74, 6) is 0. The van der Waals surface area contributed by atoms with Gasteiger partial charge in [-0.05, 0) is 62.5 Å². The Morgan fingerprint density at radius 2 is 2.00 bits per heavy atom. The molecule has 0 N–H and O–H groups in total. The van der Waals surface area contributed by atoms with Crippen LogP contribution < -0.4 is 0 Å². The van der Waals surface area contributed by atoms with Gasteiger partial charge in [0, 0.05) is 18.8 Å². The normalized spacial score (nSPS) is 17.4. The van der Waals surface area contributed by atoms with E-state index >= 15 is 0 Å². The molecule has 0 unspecified atom stereocenters. The van der Waals surface area contributed by atoms with Crippen LogP contribution in [0.15, 0.2) is 10.7 Å². The maximum atomic E-state index is 12.0. The van der Waals surface area contributed by atoms with Crippen molar-refractivity contribution in [2.75, 3.05) is 13.1 Å². The van der Waals surface area contributed by atoms with E-state index in [0.717, 1.165) is 36.2 Å². The largest absolute Gasteiger partial charge is 0.444 e. The van der Waals surface area contributed by atoms with Crippen LogP contribution in [0.2, 0.25) is 0 Å². The number of rotatable bonds is 1. The second kappa shape index (κ2) is 5.76. The van der Waals surface area contributed by atoms with E-state index in [2.05, 4.69) is 32.6 Å². The van der Waals surface area contributed by atoms with Gasteiger partial charge in [0.2, 0.25) is 0 Å². The highest BCUT2D eigenvalue weighted by atomic mass is 79.9. The molecule has 0 radical (unpaired) electrons. The molecule has 1 amide bonds. The van der Waals surface area contributed by atoms with Gasteiger partial charge >= 0.3 is 6.09 Å². The van der Waals surface area contributed by atoms with Crippen LogP contribution in [0.5, 0.6) is 0 Å². The van der Waals surface area contributed by atoms with Crippen molar-refractivity contribution >= 4 is 22.0 Å². The molecule has 0 atom stereocenters. The fourth-order valence-corrected chi connectivity index (χ4v) is 2.94. The summed E-state index contributed by atoms with van der Waals surface area (Å²) in [6, 6.07) is 2.38. The van der Waals surface area contributed by atoms with Crippen molar-refractivity contribution in [2.45, 2.75) is 52.2 Å². The van der Waals surface area contributed by atoms with Crippen LogP contribution in [0.4, 0.5) is 4.79 Å². The topological polar surface area (TPSA) is 47.4 Å². The summed E-state index contributed by atoms with van der Waals surface area (Å²) in [5, 5.41) is 4.46. The van der Waals surface area contributed by atoms with E-state index in [9.17, 15) is 4.79 Å². The number of piperidine rings is 1. The smallest absolute Gasteiger partial charge is 0.410 e. The van der Waals surface area contributed by atoms with Crippen LogP contribution in [0.25, 0.3) is 0 Å². The summed E-state index contributed by atoms with van der Waals surface area (Å²) in [4.78, 5) is 13.8. The Balaban J connectivity index is 1.92. The molecule has 0 spiro atoms. The number of hydrogen-bond donors (Lipinski definition) is 0. The van der Waals surface area contributed by atoms with Gasteiger partial charge in [-0.25, -0.2) is 4.79 Å². The molecule has 0 aromatic carbocycles. The van der Waals surface area contributed by atoms with Gasteiger partial charge in [0.15, 0.2) is 0 Å². The third-order valence-electron chi connectivity index (χ3n) is 3.35. The molecule has 1 aliphatic heterocycles. The van der Waals surface area contributed by atoms with Gasteiger partial charge in [-0.15, -0.1) is 0 Å². The van der Waals surface area contributed by atoms with E-state index in [1.165, 1.54) is 0 Å². The van der Waals surface area contributed by atoms with Gasteiger partial charge in [0.1, 0.15) is 10.2 Å². The van der Waals surface area contributed by atoms with E-state index in [1.807, 2.05) is 26.8 Å². The lowest BCUT2D eigenvalue weighted by molar-refractivity contribution is 0.0184. The van der Waals surface area contributed by atoms with Gasteiger partial charge in [-0.3, -0.25) is 4.68 Å². The maximum Gasteiger partial charge on any atom is 0.410 e. The van der Waals surface area contributed by atoms with Crippen molar-refractivity contribution in [2.24, 2.45) is 0 Å². The fraction of sp³-hybridized carbons (Fsp3) is 0.714. The molecule has 5 nitrogen and oxygen atoms in total. The van der Waals surface area contributed by atoms with Crippen LogP contribution in [0.3, 0.4) is 0 Å². The first-order chi connectivity index (χ1) is 9.26. The molecule has 1 aromatic heterocycles. The first-order valence-corrected chi connectivity index (χ1v) is 7.75. The second-order valence-electron chi connectivity index (χ2n) is 6.25. The Labute approximate surface area is 128 Å². The van der Waals surface area contributed by atoms with Gasteiger partial charge in [-0.2, -0.15) is 5.10 Å². The number of ether oxygens (including phenoxy) is 1. The molecule has 1 fully saturated rings. The average Bonchev–Trinajstić information content (AvgIpc) is 2.66. The molecule has 2 heterocycles. The monoisotopic (exact) mass is 343 g/mol. The lowest BCUT2D eigenvalue weighted by Crippen LogP contribution is -2.42. The highest BCUT2D eigenvalue weighted by Crippen LogP contribution is 2.25. The molecule has 1 saturated heterocycles. The molecule has 0 aliphatic carbocycles. The zero-order valence-corrected chi connectivity index (χ0v) is 14.1. The lowest BCUT2D eigenvalue weighted by atomic mass is 10.1. The predicted octanol–water partition coefficient (Wildman–Crippen LogP) is 3.53. The highest BCUT2D eigenvalue weighted by Gasteiger charge is 2.28. The van der Waals surface area contributed by atoms with Crippen LogP contribution >= 0.6 is 15.9 Å². The van der Waals surface area contributed by atoms with E-state index in [4.69, 9.17) is 4.74 Å². The van der Waals surface area contributed by atoms with Crippen molar-refractivity contribution in [3.05, 3.63) is 16.4 Å². The minimum absolute atomic E-state index is 0.214. The molecule has 1 aliphatic rings. The summed E-state index contributed by atoms with van der Waals surface area (Å²) in [5.41, 5.74) is 0.713. The fourth-order valence-electron chi connectivity index (χ4n) is 2.44. The van der Waals surface area contributed by atoms with E-state index < -0.39 is 5.60 Å². The number of carbonyl (C=O) groups is 1. The van der Waals surface area contributed by atoms with E-state index in [0.29, 0.717) is 6.04 Å².